The molecule has 0 bridgehead atoms. The van der Waals surface area contributed by atoms with E-state index in [1.807, 2.05) is 0 Å². The number of benzene rings is 1. The summed E-state index contributed by atoms with van der Waals surface area (Å²) in [5.41, 5.74) is 4.95. The first kappa shape index (κ1) is 15.6. The van der Waals surface area contributed by atoms with Gasteiger partial charge < -0.3 is 10.6 Å². The van der Waals surface area contributed by atoms with Gasteiger partial charge in [0.25, 0.3) is 0 Å². The maximum absolute atomic E-state index is 13.1. The van der Waals surface area contributed by atoms with Crippen molar-refractivity contribution < 1.29 is 18.0 Å². The molecule has 0 spiro atoms. The van der Waals surface area contributed by atoms with Gasteiger partial charge in [0.1, 0.15) is 0 Å². The van der Waals surface area contributed by atoms with Gasteiger partial charge in [0.2, 0.25) is 5.91 Å². The summed E-state index contributed by atoms with van der Waals surface area (Å²) in [5.74, 6) is -0.0727. The van der Waals surface area contributed by atoms with Crippen molar-refractivity contribution in [3.8, 4) is 0 Å². The van der Waals surface area contributed by atoms with Crippen molar-refractivity contribution in [1.29, 1.82) is 0 Å². The molecule has 1 saturated heterocycles. The number of nitrogens with zero attached hydrogens (tertiary/aromatic N) is 2. The van der Waals surface area contributed by atoms with Gasteiger partial charge >= 0.3 is 6.18 Å². The summed E-state index contributed by atoms with van der Waals surface area (Å²) in [7, 11) is 1.70. The molecular weight excluding hydrogens is 283 g/mol. The fourth-order valence-corrected chi connectivity index (χ4v) is 2.42. The summed E-state index contributed by atoms with van der Waals surface area (Å²) in [6.45, 7) is 1.45. The zero-order valence-electron chi connectivity index (χ0n) is 11.8. The number of likely N-dealkylation sites (N-methyl/N-ethyl adjacent to an activating group) is 1. The minimum atomic E-state index is -4.45. The quantitative estimate of drug-likeness (QED) is 0.850. The molecule has 0 saturated carbocycles. The molecule has 1 heterocycles. The monoisotopic (exact) mass is 301 g/mol. The van der Waals surface area contributed by atoms with Crippen LogP contribution in [0.2, 0.25) is 0 Å². The van der Waals surface area contributed by atoms with E-state index >= 15 is 0 Å². The first-order chi connectivity index (χ1) is 9.77. The van der Waals surface area contributed by atoms with Crippen LogP contribution in [0, 0.1) is 0 Å². The van der Waals surface area contributed by atoms with Crippen LogP contribution >= 0.6 is 0 Å². The smallest absolute Gasteiger partial charge is 0.399 e. The molecule has 2 N–H and O–H groups in total. The van der Waals surface area contributed by atoms with Crippen molar-refractivity contribution in [3.63, 3.8) is 0 Å². The number of hydrogen-bond donors (Lipinski definition) is 1. The second-order valence-electron chi connectivity index (χ2n) is 5.29. The van der Waals surface area contributed by atoms with Gasteiger partial charge in [0.05, 0.1) is 12.1 Å². The summed E-state index contributed by atoms with van der Waals surface area (Å²) >= 11 is 0. The van der Waals surface area contributed by atoms with Gasteiger partial charge in [-0.3, -0.25) is 9.69 Å². The molecule has 1 aliphatic rings. The maximum Gasteiger partial charge on any atom is 0.416 e. The Morgan fingerprint density at radius 3 is 2.67 bits per heavy atom. The number of nitrogen functional groups attached to an aromatic ring is 1. The zero-order chi connectivity index (χ0) is 15.6. The molecule has 4 nitrogen and oxygen atoms in total. The summed E-state index contributed by atoms with van der Waals surface area (Å²) in [4.78, 5) is 15.1. The van der Waals surface area contributed by atoms with Crippen LogP contribution in [0.1, 0.15) is 17.5 Å². The molecule has 7 heteroatoms. The van der Waals surface area contributed by atoms with Gasteiger partial charge in [-0.2, -0.15) is 13.2 Å². The lowest BCUT2D eigenvalue weighted by Gasteiger charge is -2.22. The summed E-state index contributed by atoms with van der Waals surface area (Å²) in [6, 6.07) is 3.79. The highest BCUT2D eigenvalue weighted by Crippen LogP contribution is 2.34. The summed E-state index contributed by atoms with van der Waals surface area (Å²) in [6.07, 6.45) is -3.70. The van der Waals surface area contributed by atoms with E-state index in [1.165, 1.54) is 12.1 Å². The fraction of sp³-hybridized carbons (Fsp3) is 0.500. The Hall–Kier alpha value is -1.76. The lowest BCUT2D eigenvalue weighted by molar-refractivity contribution is -0.138. The lowest BCUT2D eigenvalue weighted by atomic mass is 10.1. The Morgan fingerprint density at radius 1 is 1.29 bits per heavy atom. The van der Waals surface area contributed by atoms with Gasteiger partial charge in [-0.1, -0.05) is 6.07 Å². The molecule has 0 aromatic heterocycles. The zero-order valence-corrected chi connectivity index (χ0v) is 11.8. The van der Waals surface area contributed by atoms with E-state index in [4.69, 9.17) is 5.73 Å². The number of rotatable bonds is 2. The Labute approximate surface area is 121 Å². The minimum Gasteiger partial charge on any atom is -0.399 e. The Balaban J connectivity index is 2.21. The van der Waals surface area contributed by atoms with Crippen LogP contribution in [0.3, 0.4) is 0 Å². The number of hydrogen-bond acceptors (Lipinski definition) is 3. The fourth-order valence-electron chi connectivity index (χ4n) is 2.42. The third kappa shape index (κ3) is 3.87. The van der Waals surface area contributed by atoms with Crippen LogP contribution in [0.5, 0.6) is 0 Å². The number of halogens is 3. The summed E-state index contributed by atoms with van der Waals surface area (Å²) in [5, 5.41) is 0. The van der Waals surface area contributed by atoms with Gasteiger partial charge in [0.15, 0.2) is 0 Å². The molecular formula is C14H18F3N3O. The molecule has 21 heavy (non-hydrogen) atoms. The van der Waals surface area contributed by atoms with Gasteiger partial charge in [-0.25, -0.2) is 0 Å². The standard InChI is InChI=1S/C14H18F3N3O/c1-19-5-2-6-20(9-13(19)21)8-10-3-4-11(18)7-12(10)14(15,16)17/h3-4,7H,2,5-6,8-9,18H2,1H3. The molecule has 1 aromatic carbocycles. The molecule has 1 aromatic rings. The average molecular weight is 301 g/mol. The van der Waals surface area contributed by atoms with Crippen LogP contribution < -0.4 is 5.73 Å². The predicted octanol–water partition coefficient (Wildman–Crippen LogP) is 1.95. The van der Waals surface area contributed by atoms with E-state index in [9.17, 15) is 18.0 Å². The van der Waals surface area contributed by atoms with Gasteiger partial charge in [-0.05, 0) is 24.1 Å². The highest BCUT2D eigenvalue weighted by atomic mass is 19.4. The Bertz CT molecular complexity index is 531. The van der Waals surface area contributed by atoms with Gasteiger partial charge in [-0.15, -0.1) is 0 Å². The number of nitrogens with two attached hydrogens (primary N) is 1. The summed E-state index contributed by atoms with van der Waals surface area (Å²) < 4.78 is 39.2. The Morgan fingerprint density at radius 2 is 2.00 bits per heavy atom. The molecule has 0 unspecified atom stereocenters. The average Bonchev–Trinajstić information content (AvgIpc) is 2.53. The third-order valence-corrected chi connectivity index (χ3v) is 3.59. The third-order valence-electron chi connectivity index (χ3n) is 3.59. The molecule has 0 aliphatic carbocycles. The first-order valence-corrected chi connectivity index (χ1v) is 6.69. The van der Waals surface area contributed by atoms with E-state index in [2.05, 4.69) is 0 Å². The number of carbonyl (C=O) groups is 1. The van der Waals surface area contributed by atoms with E-state index in [0.717, 1.165) is 12.5 Å². The second kappa shape index (κ2) is 5.93. The van der Waals surface area contributed by atoms with Crippen LogP contribution in [-0.2, 0) is 17.5 Å². The molecule has 2 rings (SSSR count). The van der Waals surface area contributed by atoms with Crippen molar-refractivity contribution in [2.24, 2.45) is 0 Å². The normalized spacial score (nSPS) is 17.9. The topological polar surface area (TPSA) is 49.6 Å². The Kier molecular flexibility index (Phi) is 4.41. The van der Waals surface area contributed by atoms with Crippen LogP contribution in [0.15, 0.2) is 18.2 Å². The van der Waals surface area contributed by atoms with Crippen LogP contribution in [-0.4, -0.2) is 42.4 Å². The van der Waals surface area contributed by atoms with E-state index in [0.29, 0.717) is 13.1 Å². The van der Waals surface area contributed by atoms with Crippen molar-refractivity contribution in [2.75, 3.05) is 32.4 Å². The minimum absolute atomic E-state index is 0.0727. The number of alkyl halides is 3. The SMILES string of the molecule is CN1CCCN(Cc2ccc(N)cc2C(F)(F)F)CC1=O. The molecule has 0 atom stereocenters. The van der Waals surface area contributed by atoms with E-state index < -0.39 is 11.7 Å². The maximum atomic E-state index is 13.1. The molecule has 0 radical (unpaired) electrons. The van der Waals surface area contributed by atoms with Crippen LogP contribution in [0.4, 0.5) is 18.9 Å². The molecule has 1 aliphatic heterocycles. The number of anilines is 1. The largest absolute Gasteiger partial charge is 0.416 e. The van der Waals surface area contributed by atoms with Crippen molar-refractivity contribution in [3.05, 3.63) is 29.3 Å². The highest BCUT2D eigenvalue weighted by Gasteiger charge is 2.34. The number of carbonyl (C=O) groups excluding carboxylic acids is 1. The predicted molar refractivity (Wildman–Crippen MR) is 73.4 cm³/mol. The molecule has 1 amide bonds. The van der Waals surface area contributed by atoms with Crippen molar-refractivity contribution in [2.45, 2.75) is 19.1 Å². The van der Waals surface area contributed by atoms with Crippen molar-refractivity contribution >= 4 is 11.6 Å². The first-order valence-electron chi connectivity index (χ1n) is 6.69. The second-order valence-corrected chi connectivity index (χ2v) is 5.29. The van der Waals surface area contributed by atoms with E-state index in [1.54, 1.807) is 16.8 Å². The van der Waals surface area contributed by atoms with Gasteiger partial charge in [0, 0.05) is 32.4 Å². The molecule has 116 valence electrons. The van der Waals surface area contributed by atoms with Crippen molar-refractivity contribution in [1.82, 2.24) is 9.80 Å². The van der Waals surface area contributed by atoms with Crippen LogP contribution in [0.25, 0.3) is 0 Å². The number of amides is 1. The lowest BCUT2D eigenvalue weighted by Crippen LogP contribution is -2.34. The van der Waals surface area contributed by atoms with E-state index in [-0.39, 0.29) is 30.2 Å². The highest BCUT2D eigenvalue weighted by molar-refractivity contribution is 5.78. The molecule has 1 fully saturated rings.